The minimum atomic E-state index is 0.396. The number of ether oxygens (including phenoxy) is 1. The van der Waals surface area contributed by atoms with Crippen molar-refractivity contribution in [3.63, 3.8) is 0 Å². The molecule has 2 aliphatic rings. The van der Waals surface area contributed by atoms with E-state index in [1.165, 1.54) is 17.9 Å². The molecule has 0 saturated carbocycles. The second-order valence-corrected chi connectivity index (χ2v) is 6.19. The van der Waals surface area contributed by atoms with E-state index in [0.717, 1.165) is 31.7 Å². The fourth-order valence-corrected chi connectivity index (χ4v) is 3.59. The molecular weight excluding hydrogens is 194 g/mol. The Hall–Kier alpha value is 0.270. The van der Waals surface area contributed by atoms with Crippen molar-refractivity contribution in [2.45, 2.75) is 26.3 Å². The van der Waals surface area contributed by atoms with Crippen LogP contribution in [0, 0.1) is 11.3 Å². The van der Waals surface area contributed by atoms with Crippen molar-refractivity contribution < 1.29 is 4.74 Å². The molecule has 2 heterocycles. The van der Waals surface area contributed by atoms with Crippen LogP contribution in [0.4, 0.5) is 0 Å². The van der Waals surface area contributed by atoms with Gasteiger partial charge in [0, 0.05) is 30.4 Å². The van der Waals surface area contributed by atoms with Crippen LogP contribution in [0.1, 0.15) is 20.3 Å². The van der Waals surface area contributed by atoms with Gasteiger partial charge in [-0.3, -0.25) is 0 Å². The molecule has 0 aliphatic carbocycles. The predicted octanol–water partition coefficient (Wildman–Crippen LogP) is 1.75. The number of hydrogen-bond acceptors (Lipinski definition) is 3. The van der Waals surface area contributed by atoms with E-state index in [4.69, 9.17) is 4.74 Å². The molecule has 0 spiro atoms. The molecule has 1 N–H and O–H groups in total. The third kappa shape index (κ3) is 2.44. The Morgan fingerprint density at radius 2 is 2.36 bits per heavy atom. The van der Waals surface area contributed by atoms with Crippen molar-refractivity contribution >= 4 is 11.8 Å². The van der Waals surface area contributed by atoms with Gasteiger partial charge in [-0.15, -0.1) is 0 Å². The van der Waals surface area contributed by atoms with Gasteiger partial charge in [-0.25, -0.2) is 0 Å². The van der Waals surface area contributed by atoms with E-state index in [1.54, 1.807) is 0 Å². The SMILES string of the molecule is CC1CSCC1NCC1(C)CCOC1. The van der Waals surface area contributed by atoms with Gasteiger partial charge >= 0.3 is 0 Å². The van der Waals surface area contributed by atoms with E-state index in [-0.39, 0.29) is 0 Å². The van der Waals surface area contributed by atoms with Crippen LogP contribution in [-0.2, 0) is 4.74 Å². The van der Waals surface area contributed by atoms with E-state index >= 15 is 0 Å². The summed E-state index contributed by atoms with van der Waals surface area (Å²) in [6.45, 7) is 7.70. The third-order valence-corrected chi connectivity index (χ3v) is 4.81. The van der Waals surface area contributed by atoms with Gasteiger partial charge in [0.15, 0.2) is 0 Å². The zero-order chi connectivity index (χ0) is 10.0. The van der Waals surface area contributed by atoms with Crippen molar-refractivity contribution in [3.05, 3.63) is 0 Å². The summed E-state index contributed by atoms with van der Waals surface area (Å²) in [5.41, 5.74) is 0.396. The summed E-state index contributed by atoms with van der Waals surface area (Å²) in [7, 11) is 0. The zero-order valence-corrected chi connectivity index (χ0v) is 10.0. The monoisotopic (exact) mass is 215 g/mol. The Bertz CT molecular complexity index is 192. The number of hydrogen-bond donors (Lipinski definition) is 1. The average Bonchev–Trinajstić information content (AvgIpc) is 2.73. The van der Waals surface area contributed by atoms with Crippen molar-refractivity contribution in [1.82, 2.24) is 5.32 Å². The second kappa shape index (κ2) is 4.42. The molecule has 3 atom stereocenters. The van der Waals surface area contributed by atoms with Crippen LogP contribution in [-0.4, -0.2) is 37.3 Å². The van der Waals surface area contributed by atoms with Gasteiger partial charge in [0.25, 0.3) is 0 Å². The highest BCUT2D eigenvalue weighted by Gasteiger charge is 2.32. The summed E-state index contributed by atoms with van der Waals surface area (Å²) >= 11 is 2.08. The molecule has 2 aliphatic heterocycles. The average molecular weight is 215 g/mol. The lowest BCUT2D eigenvalue weighted by atomic mass is 9.89. The van der Waals surface area contributed by atoms with Crippen LogP contribution in [0.2, 0.25) is 0 Å². The van der Waals surface area contributed by atoms with E-state index in [9.17, 15) is 0 Å². The van der Waals surface area contributed by atoms with Crippen molar-refractivity contribution in [3.8, 4) is 0 Å². The highest BCUT2D eigenvalue weighted by Crippen LogP contribution is 2.29. The van der Waals surface area contributed by atoms with Crippen LogP contribution in [0.15, 0.2) is 0 Å². The molecule has 3 unspecified atom stereocenters. The number of nitrogens with one attached hydrogen (secondary N) is 1. The van der Waals surface area contributed by atoms with Crippen molar-refractivity contribution in [2.75, 3.05) is 31.3 Å². The van der Waals surface area contributed by atoms with Crippen LogP contribution >= 0.6 is 11.8 Å². The van der Waals surface area contributed by atoms with Crippen LogP contribution < -0.4 is 5.32 Å². The molecule has 0 aromatic heterocycles. The molecule has 0 aromatic rings. The Morgan fingerprint density at radius 3 is 2.93 bits per heavy atom. The first kappa shape index (κ1) is 10.8. The summed E-state index contributed by atoms with van der Waals surface area (Å²) in [5, 5.41) is 3.71. The van der Waals surface area contributed by atoms with Gasteiger partial charge in [0.05, 0.1) is 6.61 Å². The standard InChI is InChI=1S/C11H21NOS/c1-9-5-14-6-10(9)12-7-11(2)3-4-13-8-11/h9-10,12H,3-8H2,1-2H3. The molecule has 82 valence electrons. The lowest BCUT2D eigenvalue weighted by Gasteiger charge is -2.26. The molecule has 14 heavy (non-hydrogen) atoms. The maximum atomic E-state index is 5.46. The second-order valence-electron chi connectivity index (χ2n) is 5.12. The van der Waals surface area contributed by atoms with Gasteiger partial charge < -0.3 is 10.1 Å². The predicted molar refractivity (Wildman–Crippen MR) is 61.8 cm³/mol. The van der Waals surface area contributed by atoms with Gasteiger partial charge in [-0.2, -0.15) is 11.8 Å². The highest BCUT2D eigenvalue weighted by atomic mass is 32.2. The first-order chi connectivity index (χ1) is 6.70. The van der Waals surface area contributed by atoms with Gasteiger partial charge in [-0.1, -0.05) is 13.8 Å². The van der Waals surface area contributed by atoms with Crippen LogP contribution in [0.3, 0.4) is 0 Å². The van der Waals surface area contributed by atoms with Gasteiger partial charge in [0.1, 0.15) is 0 Å². The molecule has 2 nitrogen and oxygen atoms in total. The summed E-state index contributed by atoms with van der Waals surface area (Å²) in [6, 6.07) is 0.734. The van der Waals surface area contributed by atoms with Crippen molar-refractivity contribution in [1.29, 1.82) is 0 Å². The largest absolute Gasteiger partial charge is 0.381 e. The maximum absolute atomic E-state index is 5.46. The van der Waals surface area contributed by atoms with Gasteiger partial charge in [-0.05, 0) is 18.1 Å². The lowest BCUT2D eigenvalue weighted by Crippen LogP contribution is -2.41. The smallest absolute Gasteiger partial charge is 0.0532 e. The topological polar surface area (TPSA) is 21.3 Å². The van der Waals surface area contributed by atoms with E-state index in [2.05, 4.69) is 30.9 Å². The third-order valence-electron chi connectivity index (χ3n) is 3.46. The van der Waals surface area contributed by atoms with E-state index in [0.29, 0.717) is 5.41 Å². The highest BCUT2D eigenvalue weighted by molar-refractivity contribution is 7.99. The molecule has 3 heteroatoms. The molecule has 2 rings (SSSR count). The summed E-state index contributed by atoms with van der Waals surface area (Å²) in [4.78, 5) is 0. The van der Waals surface area contributed by atoms with Gasteiger partial charge in [0.2, 0.25) is 0 Å². The summed E-state index contributed by atoms with van der Waals surface area (Å²) in [6.07, 6.45) is 1.22. The maximum Gasteiger partial charge on any atom is 0.0532 e. The Kier molecular flexibility index (Phi) is 3.40. The Labute approximate surface area is 91.2 Å². The van der Waals surface area contributed by atoms with Crippen molar-refractivity contribution in [2.24, 2.45) is 11.3 Å². The Morgan fingerprint density at radius 1 is 1.50 bits per heavy atom. The quantitative estimate of drug-likeness (QED) is 0.775. The molecule has 0 amide bonds. The summed E-state index contributed by atoms with van der Waals surface area (Å²) < 4.78 is 5.46. The first-order valence-corrected chi connectivity index (χ1v) is 6.74. The normalized spacial score (nSPS) is 43.3. The minimum Gasteiger partial charge on any atom is -0.381 e. The molecule has 0 radical (unpaired) electrons. The Balaban J connectivity index is 1.75. The number of rotatable bonds is 3. The van der Waals surface area contributed by atoms with E-state index in [1.807, 2.05) is 0 Å². The fourth-order valence-electron chi connectivity index (χ4n) is 2.15. The lowest BCUT2D eigenvalue weighted by molar-refractivity contribution is 0.156. The van der Waals surface area contributed by atoms with Crippen LogP contribution in [0.5, 0.6) is 0 Å². The fraction of sp³-hybridized carbons (Fsp3) is 1.00. The minimum absolute atomic E-state index is 0.396. The molecule has 2 fully saturated rings. The first-order valence-electron chi connectivity index (χ1n) is 5.58. The molecule has 0 bridgehead atoms. The van der Waals surface area contributed by atoms with E-state index < -0.39 is 0 Å². The number of thioether (sulfide) groups is 1. The summed E-state index contributed by atoms with van der Waals surface area (Å²) in [5.74, 6) is 3.45. The molecule has 0 aromatic carbocycles. The van der Waals surface area contributed by atoms with Crippen LogP contribution in [0.25, 0.3) is 0 Å². The molecular formula is C11H21NOS. The zero-order valence-electron chi connectivity index (χ0n) is 9.21. The molecule has 2 saturated heterocycles.